The highest BCUT2D eigenvalue weighted by molar-refractivity contribution is 14.1. The Labute approximate surface area is 130 Å². The van der Waals surface area contributed by atoms with Crippen LogP contribution in [0.1, 0.15) is 29.6 Å². The lowest BCUT2D eigenvalue weighted by atomic mass is 9.95. The average molecular weight is 382 g/mol. The lowest BCUT2D eigenvalue weighted by Crippen LogP contribution is -2.42. The van der Waals surface area contributed by atoms with Gasteiger partial charge in [0.1, 0.15) is 5.58 Å². The van der Waals surface area contributed by atoms with Crippen molar-refractivity contribution in [1.29, 1.82) is 0 Å². The van der Waals surface area contributed by atoms with E-state index in [9.17, 15) is 4.79 Å². The van der Waals surface area contributed by atoms with Gasteiger partial charge in [-0.1, -0.05) is 6.07 Å². The zero-order valence-electron chi connectivity index (χ0n) is 10.9. The first-order valence-electron chi connectivity index (χ1n) is 6.95. The average Bonchev–Trinajstić information content (AvgIpc) is 3.10. The van der Waals surface area contributed by atoms with Crippen molar-refractivity contribution in [2.24, 2.45) is 0 Å². The van der Waals surface area contributed by atoms with E-state index < -0.39 is 0 Å². The maximum atomic E-state index is 12.3. The Morgan fingerprint density at radius 1 is 1.35 bits per heavy atom. The number of carbonyl (C=O) groups excluding carboxylic acids is 1. The van der Waals surface area contributed by atoms with Crippen LogP contribution in [0.3, 0.4) is 0 Å². The summed E-state index contributed by atoms with van der Waals surface area (Å²) in [6, 6.07) is 8.93. The molecule has 2 aromatic rings. The SMILES string of the molecule is O=C(N[C@@H]1C[C@H]2CC[C@@H]1N2)c1ccc2cc(I)oc2c1. The van der Waals surface area contributed by atoms with Crippen molar-refractivity contribution in [3.8, 4) is 0 Å². The van der Waals surface area contributed by atoms with E-state index in [1.54, 1.807) is 0 Å². The van der Waals surface area contributed by atoms with Crippen LogP contribution in [0.2, 0.25) is 0 Å². The van der Waals surface area contributed by atoms with Crippen molar-refractivity contribution >= 4 is 39.5 Å². The number of rotatable bonds is 2. The summed E-state index contributed by atoms with van der Waals surface area (Å²) in [5.41, 5.74) is 1.44. The summed E-state index contributed by atoms with van der Waals surface area (Å²) in [4.78, 5) is 12.3. The molecule has 0 saturated carbocycles. The fraction of sp³-hybridized carbons (Fsp3) is 0.400. The molecule has 2 saturated heterocycles. The van der Waals surface area contributed by atoms with Gasteiger partial charge in [0.2, 0.25) is 0 Å². The van der Waals surface area contributed by atoms with Crippen molar-refractivity contribution in [3.63, 3.8) is 0 Å². The Hall–Kier alpha value is -1.08. The molecule has 1 amide bonds. The minimum atomic E-state index is -0.00217. The minimum Gasteiger partial charge on any atom is -0.450 e. The minimum absolute atomic E-state index is 0.00217. The van der Waals surface area contributed by atoms with Gasteiger partial charge in [-0.15, -0.1) is 0 Å². The van der Waals surface area contributed by atoms with Gasteiger partial charge in [0.25, 0.3) is 5.91 Å². The second-order valence-corrected chi connectivity index (χ2v) is 6.73. The first-order chi connectivity index (χ1) is 9.69. The molecule has 5 heteroatoms. The fourth-order valence-electron chi connectivity index (χ4n) is 3.38. The van der Waals surface area contributed by atoms with Crippen molar-refractivity contribution in [1.82, 2.24) is 10.6 Å². The Balaban J connectivity index is 1.54. The first kappa shape index (κ1) is 12.6. The van der Waals surface area contributed by atoms with Crippen molar-refractivity contribution in [2.45, 2.75) is 37.4 Å². The number of carbonyl (C=O) groups is 1. The largest absolute Gasteiger partial charge is 0.450 e. The van der Waals surface area contributed by atoms with Gasteiger partial charge >= 0.3 is 0 Å². The highest BCUT2D eigenvalue weighted by atomic mass is 127. The molecule has 0 aliphatic carbocycles. The molecule has 3 heterocycles. The Kier molecular flexibility index (Phi) is 2.99. The molecule has 0 radical (unpaired) electrons. The number of benzene rings is 1. The molecule has 2 aliphatic heterocycles. The van der Waals surface area contributed by atoms with Crippen molar-refractivity contribution in [2.75, 3.05) is 0 Å². The molecule has 0 spiro atoms. The van der Waals surface area contributed by atoms with E-state index in [1.807, 2.05) is 24.3 Å². The van der Waals surface area contributed by atoms with Crippen LogP contribution in [0.15, 0.2) is 28.7 Å². The van der Waals surface area contributed by atoms with E-state index in [2.05, 4.69) is 33.2 Å². The Morgan fingerprint density at radius 3 is 3.00 bits per heavy atom. The molecule has 1 aromatic carbocycles. The summed E-state index contributed by atoms with van der Waals surface area (Å²) in [5.74, 6) is -0.00217. The third-order valence-electron chi connectivity index (χ3n) is 4.37. The zero-order chi connectivity index (χ0) is 13.7. The van der Waals surface area contributed by atoms with Crippen LogP contribution in [0.5, 0.6) is 0 Å². The van der Waals surface area contributed by atoms with Gasteiger partial charge in [-0.25, -0.2) is 0 Å². The molecule has 2 fully saturated rings. The van der Waals surface area contributed by atoms with E-state index in [0.29, 0.717) is 17.6 Å². The van der Waals surface area contributed by atoms with Gasteiger partial charge in [0, 0.05) is 29.1 Å². The molecule has 2 bridgehead atoms. The number of furan rings is 1. The van der Waals surface area contributed by atoms with Crippen molar-refractivity contribution < 1.29 is 9.21 Å². The predicted octanol–water partition coefficient (Wildman–Crippen LogP) is 2.66. The highest BCUT2D eigenvalue weighted by Crippen LogP contribution is 2.28. The van der Waals surface area contributed by atoms with E-state index in [1.165, 1.54) is 12.8 Å². The van der Waals surface area contributed by atoms with Crippen molar-refractivity contribution in [3.05, 3.63) is 33.6 Å². The van der Waals surface area contributed by atoms with Gasteiger partial charge in [-0.2, -0.15) is 0 Å². The summed E-state index contributed by atoms with van der Waals surface area (Å²) < 4.78 is 6.41. The predicted molar refractivity (Wildman–Crippen MR) is 84.7 cm³/mol. The molecule has 4 nitrogen and oxygen atoms in total. The Morgan fingerprint density at radius 2 is 2.25 bits per heavy atom. The summed E-state index contributed by atoms with van der Waals surface area (Å²) in [6.07, 6.45) is 3.47. The molecule has 104 valence electrons. The summed E-state index contributed by atoms with van der Waals surface area (Å²) >= 11 is 2.14. The summed E-state index contributed by atoms with van der Waals surface area (Å²) in [5, 5.41) is 7.72. The molecule has 1 aromatic heterocycles. The lowest BCUT2D eigenvalue weighted by molar-refractivity contribution is 0.0931. The second-order valence-electron chi connectivity index (χ2n) is 5.67. The van der Waals surface area contributed by atoms with Crippen LogP contribution in [-0.2, 0) is 0 Å². The van der Waals surface area contributed by atoms with Crippen LogP contribution in [0, 0.1) is 3.77 Å². The quantitative estimate of drug-likeness (QED) is 0.786. The molecule has 0 unspecified atom stereocenters. The van der Waals surface area contributed by atoms with Crippen LogP contribution in [0.4, 0.5) is 0 Å². The smallest absolute Gasteiger partial charge is 0.251 e. The zero-order valence-corrected chi connectivity index (χ0v) is 13.0. The van der Waals surface area contributed by atoms with E-state index in [-0.39, 0.29) is 11.9 Å². The van der Waals surface area contributed by atoms with Gasteiger partial charge in [-0.05, 0) is 60.1 Å². The van der Waals surface area contributed by atoms with Gasteiger partial charge < -0.3 is 15.1 Å². The number of amides is 1. The van der Waals surface area contributed by atoms with E-state index >= 15 is 0 Å². The van der Waals surface area contributed by atoms with Crippen LogP contribution >= 0.6 is 22.6 Å². The number of hydrogen-bond acceptors (Lipinski definition) is 3. The third-order valence-corrected chi connectivity index (χ3v) is 4.90. The van der Waals surface area contributed by atoms with Crippen LogP contribution in [-0.4, -0.2) is 24.0 Å². The topological polar surface area (TPSA) is 54.3 Å². The van der Waals surface area contributed by atoms with E-state index in [0.717, 1.165) is 21.2 Å². The molecule has 4 rings (SSSR count). The molecular weight excluding hydrogens is 367 g/mol. The fourth-order valence-corrected chi connectivity index (χ4v) is 3.95. The number of hydrogen-bond donors (Lipinski definition) is 2. The van der Waals surface area contributed by atoms with Gasteiger partial charge in [0.15, 0.2) is 3.77 Å². The Bertz CT molecular complexity index is 682. The maximum Gasteiger partial charge on any atom is 0.251 e. The highest BCUT2D eigenvalue weighted by Gasteiger charge is 2.39. The number of fused-ring (bicyclic) bond motifs is 3. The number of nitrogens with one attached hydrogen (secondary N) is 2. The second kappa shape index (κ2) is 4.73. The molecule has 3 atom stereocenters. The standard InChI is InChI=1S/C15H15IN2O2/c16-14-6-8-1-2-9(5-13(8)20-14)15(19)18-12-7-10-3-4-11(12)17-10/h1-2,5-6,10-12,17H,3-4,7H2,(H,18,19)/t10-,11+,12-/m1/s1. The molecule has 2 aliphatic rings. The third kappa shape index (κ3) is 2.13. The summed E-state index contributed by atoms with van der Waals surface area (Å²) in [7, 11) is 0. The molecular formula is C15H15IN2O2. The number of halogens is 1. The van der Waals surface area contributed by atoms with Gasteiger partial charge in [-0.3, -0.25) is 4.79 Å². The first-order valence-corrected chi connectivity index (χ1v) is 8.03. The normalized spacial score (nSPS) is 28.1. The summed E-state index contributed by atoms with van der Waals surface area (Å²) in [6.45, 7) is 0. The molecule has 20 heavy (non-hydrogen) atoms. The lowest BCUT2D eigenvalue weighted by Gasteiger charge is -2.21. The van der Waals surface area contributed by atoms with E-state index in [4.69, 9.17) is 4.42 Å². The van der Waals surface area contributed by atoms with Crippen LogP contribution < -0.4 is 10.6 Å². The van der Waals surface area contributed by atoms with Gasteiger partial charge in [0.05, 0.1) is 0 Å². The monoisotopic (exact) mass is 382 g/mol. The van der Waals surface area contributed by atoms with Crippen LogP contribution in [0.25, 0.3) is 11.0 Å². The molecule has 2 N–H and O–H groups in total. The maximum absolute atomic E-state index is 12.3.